The van der Waals surface area contributed by atoms with Crippen LogP contribution in [-0.4, -0.2) is 49.3 Å². The van der Waals surface area contributed by atoms with Crippen LogP contribution < -0.4 is 4.74 Å². The molecule has 0 radical (unpaired) electrons. The molecule has 1 saturated heterocycles. The molecule has 2 aliphatic rings. The Morgan fingerprint density at radius 3 is 2.48 bits per heavy atom. The van der Waals surface area contributed by atoms with E-state index in [0.717, 1.165) is 64.8 Å². The number of hydrogen-bond donors (Lipinski definition) is 0. The third kappa shape index (κ3) is 4.70. The van der Waals surface area contributed by atoms with E-state index in [2.05, 4.69) is 60.0 Å². The van der Waals surface area contributed by atoms with Crippen molar-refractivity contribution in [1.82, 2.24) is 9.80 Å². The Labute approximate surface area is 162 Å². The van der Waals surface area contributed by atoms with E-state index in [4.69, 9.17) is 9.47 Å². The highest BCUT2D eigenvalue weighted by molar-refractivity contribution is 5.38. The van der Waals surface area contributed by atoms with Gasteiger partial charge >= 0.3 is 0 Å². The normalized spacial score (nSPS) is 18.6. The molecule has 4 nitrogen and oxygen atoms in total. The lowest BCUT2D eigenvalue weighted by Gasteiger charge is -2.27. The van der Waals surface area contributed by atoms with Crippen LogP contribution in [0.1, 0.15) is 27.8 Å². The molecule has 0 saturated carbocycles. The van der Waals surface area contributed by atoms with Gasteiger partial charge in [0.2, 0.25) is 0 Å². The predicted molar refractivity (Wildman–Crippen MR) is 108 cm³/mol. The Kier molecular flexibility index (Phi) is 5.77. The standard InChI is InChI=1S/C23H30N2O2/c1-18-3-5-21(19(2)13-18)16-25-9-12-27-23-6-4-20(14-22(23)17-25)15-24-7-10-26-11-8-24/h3-6,13-14H,7-12,15-17H2,1-2H3. The molecule has 2 aromatic rings. The van der Waals surface area contributed by atoms with Crippen LogP contribution in [0.25, 0.3) is 0 Å². The van der Waals surface area contributed by atoms with Gasteiger partial charge in [-0.05, 0) is 42.7 Å². The van der Waals surface area contributed by atoms with E-state index in [0.29, 0.717) is 0 Å². The largest absolute Gasteiger partial charge is 0.492 e. The lowest BCUT2D eigenvalue weighted by atomic mass is 10.0. The van der Waals surface area contributed by atoms with Crippen LogP contribution in [-0.2, 0) is 24.4 Å². The van der Waals surface area contributed by atoms with E-state index in [1.807, 2.05) is 0 Å². The Morgan fingerprint density at radius 2 is 1.67 bits per heavy atom. The number of ether oxygens (including phenoxy) is 2. The lowest BCUT2D eigenvalue weighted by molar-refractivity contribution is 0.0342. The second-order valence-electron chi connectivity index (χ2n) is 7.82. The number of rotatable bonds is 4. The summed E-state index contributed by atoms with van der Waals surface area (Å²) in [4.78, 5) is 4.97. The SMILES string of the molecule is Cc1ccc(CN2CCOc3ccc(CN4CCOCC4)cc3C2)c(C)c1. The van der Waals surface area contributed by atoms with Gasteiger partial charge in [0.1, 0.15) is 12.4 Å². The maximum Gasteiger partial charge on any atom is 0.123 e. The van der Waals surface area contributed by atoms with Crippen molar-refractivity contribution in [2.24, 2.45) is 0 Å². The summed E-state index contributed by atoms with van der Waals surface area (Å²) in [6.07, 6.45) is 0. The smallest absolute Gasteiger partial charge is 0.123 e. The maximum atomic E-state index is 6.04. The van der Waals surface area contributed by atoms with Gasteiger partial charge in [0, 0.05) is 44.8 Å². The minimum absolute atomic E-state index is 0.751. The van der Waals surface area contributed by atoms with Gasteiger partial charge in [-0.2, -0.15) is 0 Å². The highest BCUT2D eigenvalue weighted by Crippen LogP contribution is 2.26. The first kappa shape index (κ1) is 18.5. The van der Waals surface area contributed by atoms with E-state index in [1.54, 1.807) is 0 Å². The van der Waals surface area contributed by atoms with E-state index in [-0.39, 0.29) is 0 Å². The van der Waals surface area contributed by atoms with Crippen LogP contribution in [0, 0.1) is 13.8 Å². The Bertz CT molecular complexity index is 784. The van der Waals surface area contributed by atoms with Gasteiger partial charge in [-0.25, -0.2) is 0 Å². The molecular formula is C23H30N2O2. The van der Waals surface area contributed by atoms with E-state index >= 15 is 0 Å². The maximum absolute atomic E-state index is 6.04. The molecule has 0 spiro atoms. The molecule has 4 heteroatoms. The first-order valence-electron chi connectivity index (χ1n) is 10.0. The number of fused-ring (bicyclic) bond motifs is 1. The van der Waals surface area contributed by atoms with Gasteiger partial charge in [-0.15, -0.1) is 0 Å². The third-order valence-corrected chi connectivity index (χ3v) is 5.59. The number of nitrogens with zero attached hydrogens (tertiary/aromatic N) is 2. The zero-order valence-electron chi connectivity index (χ0n) is 16.5. The molecule has 2 aromatic carbocycles. The van der Waals surface area contributed by atoms with Crippen molar-refractivity contribution < 1.29 is 9.47 Å². The first-order valence-corrected chi connectivity index (χ1v) is 10.0. The molecule has 0 N–H and O–H groups in total. The molecule has 0 amide bonds. The Balaban J connectivity index is 1.47. The predicted octanol–water partition coefficient (Wildman–Crippen LogP) is 3.53. The highest BCUT2D eigenvalue weighted by atomic mass is 16.5. The summed E-state index contributed by atoms with van der Waals surface area (Å²) in [5.74, 6) is 1.05. The fraction of sp³-hybridized carbons (Fsp3) is 0.478. The zero-order valence-corrected chi connectivity index (χ0v) is 16.5. The van der Waals surface area contributed by atoms with Crippen LogP contribution in [0.5, 0.6) is 5.75 Å². The first-order chi connectivity index (χ1) is 13.2. The molecule has 2 heterocycles. The molecule has 0 unspecified atom stereocenters. The lowest BCUT2D eigenvalue weighted by Crippen LogP contribution is -2.35. The van der Waals surface area contributed by atoms with Crippen molar-refractivity contribution in [1.29, 1.82) is 0 Å². The molecule has 0 aliphatic carbocycles. The van der Waals surface area contributed by atoms with Crippen molar-refractivity contribution in [3.63, 3.8) is 0 Å². The van der Waals surface area contributed by atoms with E-state index in [9.17, 15) is 0 Å². The highest BCUT2D eigenvalue weighted by Gasteiger charge is 2.18. The fourth-order valence-electron chi connectivity index (χ4n) is 4.02. The van der Waals surface area contributed by atoms with Gasteiger partial charge in [0.05, 0.1) is 13.2 Å². The second-order valence-corrected chi connectivity index (χ2v) is 7.82. The van der Waals surface area contributed by atoms with Crippen molar-refractivity contribution >= 4 is 0 Å². The molecule has 0 bridgehead atoms. The van der Waals surface area contributed by atoms with Crippen LogP contribution in [0.15, 0.2) is 36.4 Å². The van der Waals surface area contributed by atoms with Gasteiger partial charge in [-0.3, -0.25) is 9.80 Å². The third-order valence-electron chi connectivity index (χ3n) is 5.59. The van der Waals surface area contributed by atoms with Crippen molar-refractivity contribution in [3.05, 3.63) is 64.2 Å². The summed E-state index contributed by atoms with van der Waals surface area (Å²) in [5, 5.41) is 0. The second kappa shape index (κ2) is 8.42. The average molecular weight is 367 g/mol. The Morgan fingerprint density at radius 1 is 0.852 bits per heavy atom. The average Bonchev–Trinajstić information content (AvgIpc) is 2.86. The summed E-state index contributed by atoms with van der Waals surface area (Å²) >= 11 is 0. The number of hydrogen-bond acceptors (Lipinski definition) is 4. The molecule has 2 aliphatic heterocycles. The number of morpholine rings is 1. The van der Waals surface area contributed by atoms with E-state index < -0.39 is 0 Å². The van der Waals surface area contributed by atoms with Crippen LogP contribution >= 0.6 is 0 Å². The molecular weight excluding hydrogens is 336 g/mol. The summed E-state index contributed by atoms with van der Waals surface area (Å²) < 4.78 is 11.5. The molecule has 0 atom stereocenters. The summed E-state index contributed by atoms with van der Waals surface area (Å²) in [5.41, 5.74) is 6.79. The molecule has 27 heavy (non-hydrogen) atoms. The monoisotopic (exact) mass is 366 g/mol. The van der Waals surface area contributed by atoms with Gasteiger partial charge in [0.15, 0.2) is 0 Å². The van der Waals surface area contributed by atoms with Gasteiger partial charge in [0.25, 0.3) is 0 Å². The van der Waals surface area contributed by atoms with Crippen molar-refractivity contribution in [2.45, 2.75) is 33.5 Å². The van der Waals surface area contributed by atoms with Crippen molar-refractivity contribution in [2.75, 3.05) is 39.5 Å². The minimum Gasteiger partial charge on any atom is -0.492 e. The summed E-state index contributed by atoms with van der Waals surface area (Å²) in [6, 6.07) is 13.5. The van der Waals surface area contributed by atoms with Crippen LogP contribution in [0.3, 0.4) is 0 Å². The summed E-state index contributed by atoms with van der Waals surface area (Å²) in [6.45, 7) is 12.7. The van der Waals surface area contributed by atoms with Gasteiger partial charge in [-0.1, -0.05) is 29.8 Å². The van der Waals surface area contributed by atoms with Crippen molar-refractivity contribution in [3.8, 4) is 5.75 Å². The topological polar surface area (TPSA) is 24.9 Å². The quantitative estimate of drug-likeness (QED) is 0.826. The van der Waals surface area contributed by atoms with Gasteiger partial charge < -0.3 is 9.47 Å². The molecule has 4 rings (SSSR count). The van der Waals surface area contributed by atoms with Crippen LogP contribution in [0.4, 0.5) is 0 Å². The zero-order chi connectivity index (χ0) is 18.6. The summed E-state index contributed by atoms with van der Waals surface area (Å²) in [7, 11) is 0. The van der Waals surface area contributed by atoms with Crippen LogP contribution in [0.2, 0.25) is 0 Å². The number of aryl methyl sites for hydroxylation is 2. The Hall–Kier alpha value is -1.88. The van der Waals surface area contributed by atoms with E-state index in [1.165, 1.54) is 27.8 Å². The molecule has 0 aromatic heterocycles. The molecule has 1 fully saturated rings. The minimum atomic E-state index is 0.751. The molecule has 144 valence electrons. The fourth-order valence-corrected chi connectivity index (χ4v) is 4.02. The number of benzene rings is 2.